The predicted molar refractivity (Wildman–Crippen MR) is 58.0 cm³/mol. The average Bonchev–Trinajstić information content (AvgIpc) is 2.68. The Balaban J connectivity index is 1.94. The van der Waals surface area contributed by atoms with Gasteiger partial charge in [-0.05, 0) is 49.7 Å². The first-order valence-corrected chi connectivity index (χ1v) is 5.64. The molecule has 0 N–H and O–H groups in total. The summed E-state index contributed by atoms with van der Waals surface area (Å²) in [6.07, 6.45) is 3.82. The van der Waals surface area contributed by atoms with E-state index < -0.39 is 5.24 Å². The van der Waals surface area contributed by atoms with E-state index in [0.29, 0.717) is 0 Å². The first-order chi connectivity index (χ1) is 7.25. The van der Waals surface area contributed by atoms with E-state index >= 15 is 0 Å². The van der Waals surface area contributed by atoms with Gasteiger partial charge in [-0.1, -0.05) is 6.42 Å². The highest BCUT2D eigenvalue weighted by molar-refractivity contribution is 6.67. The second-order valence-corrected chi connectivity index (χ2v) is 4.22. The molecular weight excluding hydrogens is 214 g/mol. The number of likely N-dealkylation sites (tertiary alicyclic amines) is 1. The van der Waals surface area contributed by atoms with Crippen LogP contribution in [0.25, 0.3) is 0 Å². The number of hydrogen-bond acceptors (Lipinski definition) is 3. The van der Waals surface area contributed by atoms with E-state index in [4.69, 9.17) is 16.0 Å². The van der Waals surface area contributed by atoms with Crippen molar-refractivity contribution in [1.82, 2.24) is 4.90 Å². The van der Waals surface area contributed by atoms with Gasteiger partial charge >= 0.3 is 0 Å². The minimum atomic E-state index is -0.528. The highest BCUT2D eigenvalue weighted by Gasteiger charge is 2.13. The van der Waals surface area contributed by atoms with Crippen LogP contribution in [0.3, 0.4) is 0 Å². The summed E-state index contributed by atoms with van der Waals surface area (Å²) in [5.74, 6) is 1.06. The van der Waals surface area contributed by atoms with Gasteiger partial charge in [-0.15, -0.1) is 0 Å². The van der Waals surface area contributed by atoms with Gasteiger partial charge < -0.3 is 4.42 Å². The molecule has 1 aromatic heterocycles. The minimum absolute atomic E-state index is 0.240. The van der Waals surface area contributed by atoms with Gasteiger partial charge in [0, 0.05) is 0 Å². The lowest BCUT2D eigenvalue weighted by atomic mass is 10.1. The fourth-order valence-electron chi connectivity index (χ4n) is 1.91. The maximum absolute atomic E-state index is 10.8. The highest BCUT2D eigenvalue weighted by Crippen LogP contribution is 2.16. The van der Waals surface area contributed by atoms with E-state index in [1.165, 1.54) is 19.3 Å². The largest absolute Gasteiger partial charge is 0.455 e. The molecule has 0 spiro atoms. The Morgan fingerprint density at radius 2 is 2.07 bits per heavy atom. The molecule has 1 aromatic rings. The maximum atomic E-state index is 10.8. The molecule has 0 unspecified atom stereocenters. The smallest absolute Gasteiger partial charge is 0.287 e. The maximum Gasteiger partial charge on any atom is 0.287 e. The Hall–Kier alpha value is -0.800. The van der Waals surface area contributed by atoms with E-state index in [0.717, 1.165) is 25.4 Å². The van der Waals surface area contributed by atoms with E-state index in [9.17, 15) is 4.79 Å². The lowest BCUT2D eigenvalue weighted by Gasteiger charge is -2.25. The number of carbonyl (C=O) groups is 1. The number of halogens is 1. The van der Waals surface area contributed by atoms with Crippen LogP contribution in [0.5, 0.6) is 0 Å². The van der Waals surface area contributed by atoms with Crippen molar-refractivity contribution in [3.05, 3.63) is 23.7 Å². The van der Waals surface area contributed by atoms with E-state index in [-0.39, 0.29) is 5.76 Å². The normalized spacial score (nSPS) is 17.9. The monoisotopic (exact) mass is 227 g/mol. The van der Waals surface area contributed by atoms with Gasteiger partial charge in [-0.2, -0.15) is 0 Å². The van der Waals surface area contributed by atoms with E-state index in [1.54, 1.807) is 6.07 Å². The van der Waals surface area contributed by atoms with Gasteiger partial charge in [0.1, 0.15) is 5.76 Å². The average molecular weight is 228 g/mol. The van der Waals surface area contributed by atoms with Crippen LogP contribution in [0.1, 0.15) is 35.6 Å². The molecule has 1 fully saturated rings. The zero-order valence-electron chi connectivity index (χ0n) is 8.54. The van der Waals surface area contributed by atoms with Crippen LogP contribution in [0.15, 0.2) is 16.5 Å². The molecule has 2 heterocycles. The standard InChI is InChI=1S/C11H14ClNO2/c12-11(14)10-5-4-9(15-10)8-13-6-2-1-3-7-13/h4-5H,1-3,6-8H2. The van der Waals surface area contributed by atoms with Crippen molar-refractivity contribution in [3.8, 4) is 0 Å². The summed E-state index contributed by atoms with van der Waals surface area (Å²) in [7, 11) is 0. The molecule has 0 radical (unpaired) electrons. The molecule has 0 aromatic carbocycles. The Bertz CT molecular complexity index is 342. The summed E-state index contributed by atoms with van der Waals surface area (Å²) in [5.41, 5.74) is 0. The first kappa shape index (κ1) is 10.7. The quantitative estimate of drug-likeness (QED) is 0.745. The zero-order valence-corrected chi connectivity index (χ0v) is 9.29. The van der Waals surface area contributed by atoms with Crippen LogP contribution in [0, 0.1) is 0 Å². The fraction of sp³-hybridized carbons (Fsp3) is 0.545. The Morgan fingerprint density at radius 3 is 2.67 bits per heavy atom. The SMILES string of the molecule is O=C(Cl)c1ccc(CN2CCCCC2)o1. The van der Waals surface area contributed by atoms with E-state index in [2.05, 4.69) is 4.90 Å². The van der Waals surface area contributed by atoms with Crippen LogP contribution >= 0.6 is 11.6 Å². The number of carbonyl (C=O) groups excluding carboxylic acids is 1. The molecule has 4 heteroatoms. The van der Waals surface area contributed by atoms with Gasteiger partial charge in [0.25, 0.3) is 5.24 Å². The topological polar surface area (TPSA) is 33.5 Å². The molecule has 0 bridgehead atoms. The third kappa shape index (κ3) is 2.83. The molecule has 0 saturated carbocycles. The number of piperidine rings is 1. The molecule has 1 aliphatic heterocycles. The minimum Gasteiger partial charge on any atom is -0.455 e. The lowest BCUT2D eigenvalue weighted by molar-refractivity contribution is 0.105. The highest BCUT2D eigenvalue weighted by atomic mass is 35.5. The molecular formula is C11H14ClNO2. The van der Waals surface area contributed by atoms with Crippen LogP contribution < -0.4 is 0 Å². The van der Waals surface area contributed by atoms with Crippen molar-refractivity contribution in [2.45, 2.75) is 25.8 Å². The molecule has 82 valence electrons. The molecule has 1 saturated heterocycles. The van der Waals surface area contributed by atoms with Gasteiger partial charge in [-0.25, -0.2) is 0 Å². The van der Waals surface area contributed by atoms with Crippen molar-refractivity contribution in [1.29, 1.82) is 0 Å². The van der Waals surface area contributed by atoms with Crippen molar-refractivity contribution in [2.75, 3.05) is 13.1 Å². The van der Waals surface area contributed by atoms with Crippen molar-refractivity contribution in [3.63, 3.8) is 0 Å². The zero-order chi connectivity index (χ0) is 10.7. The molecule has 0 aliphatic carbocycles. The second kappa shape index (κ2) is 4.81. The summed E-state index contributed by atoms with van der Waals surface area (Å²) in [6.45, 7) is 3.01. The Kier molecular flexibility index (Phi) is 3.44. The van der Waals surface area contributed by atoms with E-state index in [1.807, 2.05) is 6.07 Å². The fourth-order valence-corrected chi connectivity index (χ4v) is 2.01. The molecule has 3 nitrogen and oxygen atoms in total. The van der Waals surface area contributed by atoms with Crippen molar-refractivity contribution < 1.29 is 9.21 Å². The number of nitrogens with zero attached hydrogens (tertiary/aromatic N) is 1. The third-order valence-corrected chi connectivity index (χ3v) is 2.87. The molecule has 0 amide bonds. The second-order valence-electron chi connectivity index (χ2n) is 3.88. The Labute approximate surface area is 94.0 Å². The van der Waals surface area contributed by atoms with Crippen LogP contribution in [0.2, 0.25) is 0 Å². The number of hydrogen-bond donors (Lipinski definition) is 0. The number of rotatable bonds is 3. The van der Waals surface area contributed by atoms with Crippen LogP contribution in [0.4, 0.5) is 0 Å². The van der Waals surface area contributed by atoms with Crippen molar-refractivity contribution >= 4 is 16.8 Å². The lowest BCUT2D eigenvalue weighted by Crippen LogP contribution is -2.28. The van der Waals surface area contributed by atoms with Gasteiger partial charge in [-0.3, -0.25) is 9.69 Å². The van der Waals surface area contributed by atoms with Gasteiger partial charge in [0.05, 0.1) is 6.54 Å². The third-order valence-electron chi connectivity index (χ3n) is 2.68. The van der Waals surface area contributed by atoms with Crippen LogP contribution in [-0.2, 0) is 6.54 Å². The first-order valence-electron chi connectivity index (χ1n) is 5.26. The van der Waals surface area contributed by atoms with Crippen LogP contribution in [-0.4, -0.2) is 23.2 Å². The van der Waals surface area contributed by atoms with Gasteiger partial charge in [0.2, 0.25) is 0 Å². The summed E-state index contributed by atoms with van der Waals surface area (Å²) >= 11 is 5.31. The molecule has 1 aliphatic rings. The summed E-state index contributed by atoms with van der Waals surface area (Å²) < 4.78 is 5.32. The summed E-state index contributed by atoms with van der Waals surface area (Å²) in [4.78, 5) is 13.1. The summed E-state index contributed by atoms with van der Waals surface area (Å²) in [5, 5.41) is -0.528. The van der Waals surface area contributed by atoms with Gasteiger partial charge in [0.15, 0.2) is 5.76 Å². The predicted octanol–water partition coefficient (Wildman–Crippen LogP) is 2.64. The Morgan fingerprint density at radius 1 is 1.33 bits per heavy atom. The van der Waals surface area contributed by atoms with Crippen molar-refractivity contribution in [2.24, 2.45) is 0 Å². The summed E-state index contributed by atoms with van der Waals surface area (Å²) in [6, 6.07) is 3.46. The molecule has 2 rings (SSSR count). The molecule has 0 atom stereocenters. The number of furan rings is 1. The molecule has 15 heavy (non-hydrogen) atoms.